The number of carbonyl (C=O) groups is 1. The highest BCUT2D eigenvalue weighted by atomic mass is 19.4. The Morgan fingerprint density at radius 2 is 2.00 bits per heavy atom. The summed E-state index contributed by atoms with van der Waals surface area (Å²) in [6, 6.07) is 5.64. The number of hydrogen-bond donors (Lipinski definition) is 3. The van der Waals surface area contributed by atoms with Crippen LogP contribution in [-0.2, 0) is 12.7 Å². The molecule has 0 unspecified atom stereocenters. The summed E-state index contributed by atoms with van der Waals surface area (Å²) in [5.41, 5.74) is 1.96. The molecule has 2 aromatic heterocycles. The first-order chi connectivity index (χ1) is 15.2. The van der Waals surface area contributed by atoms with E-state index < -0.39 is 17.9 Å². The van der Waals surface area contributed by atoms with Gasteiger partial charge < -0.3 is 15.5 Å². The van der Waals surface area contributed by atoms with E-state index in [0.717, 1.165) is 35.4 Å². The zero-order valence-corrected chi connectivity index (χ0v) is 17.9. The molecule has 3 aromatic rings. The summed E-state index contributed by atoms with van der Waals surface area (Å²) in [7, 11) is 0. The predicted molar refractivity (Wildman–Crippen MR) is 117 cm³/mol. The van der Waals surface area contributed by atoms with Crippen LogP contribution in [0.2, 0.25) is 0 Å². The SMILES string of the molecule is Cc1cc(NC(=O)NCc2ccc(C(F)(F)F)nc2N2CCC(C)CC2)c2cn[nH]c2c1. The minimum Gasteiger partial charge on any atom is -0.356 e. The number of H-pyrrole nitrogens is 1. The maximum absolute atomic E-state index is 13.3. The zero-order valence-electron chi connectivity index (χ0n) is 17.9. The van der Waals surface area contributed by atoms with Gasteiger partial charge in [-0.25, -0.2) is 9.78 Å². The molecule has 1 aliphatic heterocycles. The lowest BCUT2D eigenvalue weighted by Gasteiger charge is -2.33. The van der Waals surface area contributed by atoms with E-state index in [1.807, 2.05) is 24.0 Å². The number of nitrogens with one attached hydrogen (secondary N) is 3. The fourth-order valence-corrected chi connectivity index (χ4v) is 3.91. The van der Waals surface area contributed by atoms with E-state index in [4.69, 9.17) is 0 Å². The number of fused-ring (bicyclic) bond motifs is 1. The lowest BCUT2D eigenvalue weighted by Crippen LogP contribution is -2.35. The average Bonchev–Trinajstić information content (AvgIpc) is 3.21. The van der Waals surface area contributed by atoms with Crippen molar-refractivity contribution in [3.63, 3.8) is 0 Å². The molecule has 32 heavy (non-hydrogen) atoms. The van der Waals surface area contributed by atoms with Crippen molar-refractivity contribution in [1.29, 1.82) is 0 Å². The maximum atomic E-state index is 13.3. The van der Waals surface area contributed by atoms with Crippen LogP contribution < -0.4 is 15.5 Å². The molecule has 1 aliphatic rings. The van der Waals surface area contributed by atoms with Gasteiger partial charge in [0, 0.05) is 30.6 Å². The van der Waals surface area contributed by atoms with Gasteiger partial charge in [0.05, 0.1) is 17.4 Å². The summed E-state index contributed by atoms with van der Waals surface area (Å²) in [5.74, 6) is 0.804. The summed E-state index contributed by atoms with van der Waals surface area (Å²) in [6.45, 7) is 5.36. The number of hydrogen-bond acceptors (Lipinski definition) is 4. The highest BCUT2D eigenvalue weighted by molar-refractivity contribution is 6.00. The van der Waals surface area contributed by atoms with Crippen LogP contribution in [0.1, 0.15) is 36.6 Å². The Kier molecular flexibility index (Phi) is 5.94. The zero-order chi connectivity index (χ0) is 22.9. The fourth-order valence-electron chi connectivity index (χ4n) is 3.91. The van der Waals surface area contributed by atoms with Gasteiger partial charge in [0.15, 0.2) is 0 Å². The highest BCUT2D eigenvalue weighted by Crippen LogP contribution is 2.32. The van der Waals surface area contributed by atoms with Gasteiger partial charge >= 0.3 is 12.2 Å². The highest BCUT2D eigenvalue weighted by Gasteiger charge is 2.34. The standard InChI is InChI=1S/C22H25F3N6O/c1-13-5-7-31(8-6-13)20-15(3-4-19(29-20)22(23,24)25)11-26-21(32)28-17-9-14(2)10-18-16(17)12-27-30-18/h3-4,9-10,12-13H,5-8,11H2,1-2H3,(H,27,30)(H2,26,28,32). The number of nitrogens with zero attached hydrogens (tertiary/aromatic N) is 3. The van der Waals surface area contributed by atoms with Crippen molar-refractivity contribution >= 4 is 28.4 Å². The van der Waals surface area contributed by atoms with Crippen molar-refractivity contribution in [1.82, 2.24) is 20.5 Å². The number of halogens is 3. The molecule has 1 fully saturated rings. The largest absolute Gasteiger partial charge is 0.433 e. The second kappa shape index (κ2) is 8.68. The number of aromatic amines is 1. The van der Waals surface area contributed by atoms with Crippen LogP contribution >= 0.6 is 0 Å². The molecule has 3 N–H and O–H groups in total. The van der Waals surface area contributed by atoms with Crippen molar-refractivity contribution in [3.05, 3.63) is 47.3 Å². The van der Waals surface area contributed by atoms with Gasteiger partial charge in [-0.2, -0.15) is 18.3 Å². The van der Waals surface area contributed by atoms with E-state index >= 15 is 0 Å². The third-order valence-electron chi connectivity index (χ3n) is 5.72. The van der Waals surface area contributed by atoms with Crippen molar-refractivity contribution in [2.45, 2.75) is 39.4 Å². The first-order valence-electron chi connectivity index (χ1n) is 10.5. The van der Waals surface area contributed by atoms with Crippen LogP contribution in [0.3, 0.4) is 0 Å². The number of aromatic nitrogens is 3. The number of anilines is 2. The number of amides is 2. The first kappa shape index (κ1) is 21.9. The molecule has 3 heterocycles. The van der Waals surface area contributed by atoms with Crippen molar-refractivity contribution < 1.29 is 18.0 Å². The van der Waals surface area contributed by atoms with Crippen LogP contribution in [0.25, 0.3) is 10.9 Å². The van der Waals surface area contributed by atoms with Gasteiger partial charge in [-0.3, -0.25) is 5.10 Å². The lowest BCUT2D eigenvalue weighted by atomic mass is 9.99. The van der Waals surface area contributed by atoms with Crippen LogP contribution in [0.5, 0.6) is 0 Å². The smallest absolute Gasteiger partial charge is 0.356 e. The summed E-state index contributed by atoms with van der Waals surface area (Å²) in [6.07, 6.45) is -1.12. The Hall–Kier alpha value is -3.30. The molecule has 10 heteroatoms. The molecule has 0 atom stereocenters. The topological polar surface area (TPSA) is 85.9 Å². The minimum absolute atomic E-state index is 0.0543. The Morgan fingerprint density at radius 3 is 2.72 bits per heavy atom. The van der Waals surface area contributed by atoms with E-state index in [0.29, 0.717) is 30.3 Å². The van der Waals surface area contributed by atoms with E-state index in [1.54, 1.807) is 6.20 Å². The summed E-state index contributed by atoms with van der Waals surface area (Å²) in [4.78, 5) is 18.3. The van der Waals surface area contributed by atoms with Crippen LogP contribution in [0, 0.1) is 12.8 Å². The summed E-state index contributed by atoms with van der Waals surface area (Å²) >= 11 is 0. The van der Waals surface area contributed by atoms with Crippen molar-refractivity contribution in [2.24, 2.45) is 5.92 Å². The Bertz CT molecular complexity index is 1120. The number of aryl methyl sites for hydroxylation is 1. The quantitative estimate of drug-likeness (QED) is 0.535. The number of rotatable bonds is 4. The molecule has 4 rings (SSSR count). The molecule has 7 nitrogen and oxygen atoms in total. The average molecular weight is 446 g/mol. The Labute approximate surface area is 183 Å². The third kappa shape index (κ3) is 4.79. The first-order valence-corrected chi connectivity index (χ1v) is 10.5. The number of alkyl halides is 3. The number of carbonyl (C=O) groups excluding carboxylic acids is 1. The van der Waals surface area contributed by atoms with Gasteiger partial charge in [0.1, 0.15) is 11.5 Å². The van der Waals surface area contributed by atoms with E-state index in [2.05, 4.69) is 32.7 Å². The third-order valence-corrected chi connectivity index (χ3v) is 5.72. The minimum atomic E-state index is -4.53. The van der Waals surface area contributed by atoms with E-state index in [9.17, 15) is 18.0 Å². The maximum Gasteiger partial charge on any atom is 0.433 e. The van der Waals surface area contributed by atoms with E-state index in [1.165, 1.54) is 6.07 Å². The van der Waals surface area contributed by atoms with Gasteiger partial charge in [-0.15, -0.1) is 0 Å². The molecular formula is C22H25F3N6O. The molecule has 0 radical (unpaired) electrons. The number of pyridine rings is 1. The number of benzene rings is 1. The molecule has 0 aliphatic carbocycles. The molecule has 0 saturated carbocycles. The second-order valence-corrected chi connectivity index (χ2v) is 8.30. The molecule has 170 valence electrons. The Balaban J connectivity index is 1.51. The lowest BCUT2D eigenvalue weighted by molar-refractivity contribution is -0.141. The molecular weight excluding hydrogens is 421 g/mol. The summed E-state index contributed by atoms with van der Waals surface area (Å²) < 4.78 is 39.8. The molecule has 1 aromatic carbocycles. The normalized spacial score (nSPS) is 15.2. The van der Waals surface area contributed by atoms with Gasteiger partial charge in [-0.1, -0.05) is 13.0 Å². The molecule has 2 amide bonds. The van der Waals surface area contributed by atoms with Gasteiger partial charge in [0.25, 0.3) is 0 Å². The van der Waals surface area contributed by atoms with Crippen molar-refractivity contribution in [2.75, 3.05) is 23.3 Å². The van der Waals surface area contributed by atoms with Crippen LogP contribution in [0.15, 0.2) is 30.5 Å². The predicted octanol–water partition coefficient (Wildman–Crippen LogP) is 4.84. The summed E-state index contributed by atoms with van der Waals surface area (Å²) in [5, 5.41) is 13.2. The molecule has 0 bridgehead atoms. The fraction of sp³-hybridized carbons (Fsp3) is 0.409. The molecule has 1 saturated heterocycles. The monoisotopic (exact) mass is 446 g/mol. The molecule has 0 spiro atoms. The van der Waals surface area contributed by atoms with Gasteiger partial charge in [-0.05, 0) is 49.4 Å². The van der Waals surface area contributed by atoms with E-state index in [-0.39, 0.29) is 12.4 Å². The second-order valence-electron chi connectivity index (χ2n) is 8.30. The van der Waals surface area contributed by atoms with Gasteiger partial charge in [0.2, 0.25) is 0 Å². The van der Waals surface area contributed by atoms with Crippen LogP contribution in [0.4, 0.5) is 29.5 Å². The number of urea groups is 1. The Morgan fingerprint density at radius 1 is 1.25 bits per heavy atom. The van der Waals surface area contributed by atoms with Crippen molar-refractivity contribution in [3.8, 4) is 0 Å². The number of piperidine rings is 1. The van der Waals surface area contributed by atoms with Crippen LogP contribution in [-0.4, -0.2) is 34.3 Å².